The molecule has 14 heavy (non-hydrogen) atoms. The van der Waals surface area contributed by atoms with Gasteiger partial charge in [-0.3, -0.25) is 0 Å². The predicted octanol–water partition coefficient (Wildman–Crippen LogP) is 2.50. The van der Waals surface area contributed by atoms with Gasteiger partial charge in [0.05, 0.1) is 11.5 Å². The Morgan fingerprint density at radius 1 is 1.57 bits per heavy atom. The fourth-order valence-corrected chi connectivity index (χ4v) is 1.51. The van der Waals surface area contributed by atoms with Gasteiger partial charge in [0.1, 0.15) is 0 Å². The van der Waals surface area contributed by atoms with E-state index < -0.39 is 5.41 Å². The van der Waals surface area contributed by atoms with E-state index in [-0.39, 0.29) is 6.61 Å². The second-order valence-electron chi connectivity index (χ2n) is 3.43. The lowest BCUT2D eigenvalue weighted by Crippen LogP contribution is -2.20. The largest absolute Gasteiger partial charge is 0.396 e. The topological polar surface area (TPSA) is 44.0 Å². The third kappa shape index (κ3) is 2.25. The lowest BCUT2D eigenvalue weighted by Gasteiger charge is -2.20. The average molecular weight is 210 g/mol. The van der Waals surface area contributed by atoms with Crippen LogP contribution in [-0.4, -0.2) is 11.7 Å². The van der Waals surface area contributed by atoms with Gasteiger partial charge in [-0.2, -0.15) is 5.26 Å². The Kier molecular flexibility index (Phi) is 3.51. The molecule has 0 aromatic heterocycles. The number of hydrogen-bond donors (Lipinski definition) is 1. The van der Waals surface area contributed by atoms with Crippen molar-refractivity contribution in [2.75, 3.05) is 6.61 Å². The van der Waals surface area contributed by atoms with Crippen LogP contribution in [0.3, 0.4) is 0 Å². The Bertz CT molecular complexity index is 359. The van der Waals surface area contributed by atoms with Gasteiger partial charge >= 0.3 is 0 Å². The van der Waals surface area contributed by atoms with Crippen molar-refractivity contribution in [2.24, 2.45) is 0 Å². The van der Waals surface area contributed by atoms with E-state index in [1.165, 1.54) is 0 Å². The van der Waals surface area contributed by atoms with Crippen LogP contribution in [0.1, 0.15) is 18.9 Å². The molecule has 0 fully saturated rings. The summed E-state index contributed by atoms with van der Waals surface area (Å²) in [6.07, 6.45) is 0.420. The maximum absolute atomic E-state index is 9.06. The van der Waals surface area contributed by atoms with Gasteiger partial charge in [-0.05, 0) is 31.0 Å². The van der Waals surface area contributed by atoms with E-state index in [1.54, 1.807) is 19.1 Å². The Morgan fingerprint density at radius 3 is 2.79 bits per heavy atom. The minimum Gasteiger partial charge on any atom is -0.396 e. The van der Waals surface area contributed by atoms with Crippen LogP contribution in [0.25, 0.3) is 0 Å². The molecule has 74 valence electrons. The van der Waals surface area contributed by atoms with Crippen LogP contribution in [0.2, 0.25) is 5.02 Å². The zero-order valence-corrected chi connectivity index (χ0v) is 8.75. The summed E-state index contributed by atoms with van der Waals surface area (Å²) in [6, 6.07) is 9.40. The SMILES string of the molecule is CC(C#N)(CCO)c1cccc(Cl)c1. The monoisotopic (exact) mass is 209 g/mol. The quantitative estimate of drug-likeness (QED) is 0.832. The molecule has 0 heterocycles. The number of benzene rings is 1. The third-order valence-electron chi connectivity index (χ3n) is 2.32. The molecule has 1 aromatic carbocycles. The van der Waals surface area contributed by atoms with Crippen molar-refractivity contribution in [1.82, 2.24) is 0 Å². The first-order valence-electron chi connectivity index (χ1n) is 4.40. The van der Waals surface area contributed by atoms with Crippen molar-refractivity contribution in [3.05, 3.63) is 34.9 Å². The molecule has 0 saturated carbocycles. The highest BCUT2D eigenvalue weighted by atomic mass is 35.5. The molecule has 1 aromatic rings. The highest BCUT2D eigenvalue weighted by Gasteiger charge is 2.25. The molecular formula is C11H12ClNO. The smallest absolute Gasteiger partial charge is 0.0816 e. The first-order valence-corrected chi connectivity index (χ1v) is 4.78. The van der Waals surface area contributed by atoms with E-state index in [1.807, 2.05) is 12.1 Å². The van der Waals surface area contributed by atoms with Crippen LogP contribution in [-0.2, 0) is 5.41 Å². The van der Waals surface area contributed by atoms with Gasteiger partial charge in [-0.25, -0.2) is 0 Å². The summed E-state index contributed by atoms with van der Waals surface area (Å²) in [5.74, 6) is 0. The standard InChI is InChI=1S/C11H12ClNO/c1-11(8-13,5-6-14)9-3-2-4-10(12)7-9/h2-4,7,14H,5-6H2,1H3. The lowest BCUT2D eigenvalue weighted by atomic mass is 9.81. The summed E-state index contributed by atoms with van der Waals surface area (Å²) < 4.78 is 0. The van der Waals surface area contributed by atoms with Crippen LogP contribution in [0.4, 0.5) is 0 Å². The summed E-state index contributed by atoms with van der Waals surface area (Å²) in [5.41, 5.74) is 0.196. The molecule has 0 spiro atoms. The van der Waals surface area contributed by atoms with Crippen molar-refractivity contribution in [1.29, 1.82) is 5.26 Å². The van der Waals surface area contributed by atoms with Crippen LogP contribution < -0.4 is 0 Å². The summed E-state index contributed by atoms with van der Waals surface area (Å²) in [7, 11) is 0. The minimum absolute atomic E-state index is 0.00340. The number of hydrogen-bond acceptors (Lipinski definition) is 2. The number of rotatable bonds is 3. The maximum Gasteiger partial charge on any atom is 0.0816 e. The Labute approximate surface area is 88.7 Å². The molecule has 0 radical (unpaired) electrons. The number of aliphatic hydroxyl groups is 1. The van der Waals surface area contributed by atoms with Gasteiger partial charge in [-0.1, -0.05) is 23.7 Å². The summed E-state index contributed by atoms with van der Waals surface area (Å²) >= 11 is 5.84. The molecule has 1 N–H and O–H groups in total. The molecule has 0 aliphatic rings. The number of aliphatic hydroxyl groups excluding tert-OH is 1. The normalized spacial score (nSPS) is 14.4. The third-order valence-corrected chi connectivity index (χ3v) is 2.56. The van der Waals surface area contributed by atoms with Gasteiger partial charge in [0.2, 0.25) is 0 Å². The van der Waals surface area contributed by atoms with Crippen LogP contribution >= 0.6 is 11.6 Å². The van der Waals surface area contributed by atoms with E-state index in [0.29, 0.717) is 11.4 Å². The van der Waals surface area contributed by atoms with Crippen molar-refractivity contribution in [3.63, 3.8) is 0 Å². The minimum atomic E-state index is -0.653. The Morgan fingerprint density at radius 2 is 2.29 bits per heavy atom. The molecule has 1 unspecified atom stereocenters. The fraction of sp³-hybridized carbons (Fsp3) is 0.364. The second kappa shape index (κ2) is 4.45. The van der Waals surface area contributed by atoms with Crippen LogP contribution in [0, 0.1) is 11.3 Å². The van der Waals surface area contributed by atoms with Crippen molar-refractivity contribution >= 4 is 11.6 Å². The summed E-state index contributed by atoms with van der Waals surface area (Å²) in [6.45, 7) is 1.80. The Hall–Kier alpha value is -1.04. The van der Waals surface area contributed by atoms with Gasteiger partial charge in [0.15, 0.2) is 0 Å². The molecule has 0 saturated heterocycles. The zero-order chi connectivity index (χ0) is 10.6. The van der Waals surface area contributed by atoms with E-state index >= 15 is 0 Å². The molecule has 2 nitrogen and oxygen atoms in total. The summed E-state index contributed by atoms with van der Waals surface area (Å²) in [4.78, 5) is 0. The van der Waals surface area contributed by atoms with Crippen LogP contribution in [0.15, 0.2) is 24.3 Å². The lowest BCUT2D eigenvalue weighted by molar-refractivity contribution is 0.264. The van der Waals surface area contributed by atoms with Crippen molar-refractivity contribution in [2.45, 2.75) is 18.8 Å². The number of halogens is 1. The number of nitrogens with zero attached hydrogens (tertiary/aromatic N) is 1. The highest BCUT2D eigenvalue weighted by Crippen LogP contribution is 2.28. The van der Waals surface area contributed by atoms with Crippen molar-refractivity contribution in [3.8, 4) is 6.07 Å². The maximum atomic E-state index is 9.06. The average Bonchev–Trinajstić information content (AvgIpc) is 2.18. The molecule has 3 heteroatoms. The molecule has 0 amide bonds. The van der Waals surface area contributed by atoms with Gasteiger partial charge in [-0.15, -0.1) is 0 Å². The highest BCUT2D eigenvalue weighted by molar-refractivity contribution is 6.30. The molecule has 0 aliphatic carbocycles. The van der Waals surface area contributed by atoms with E-state index in [9.17, 15) is 0 Å². The Balaban J connectivity index is 3.07. The zero-order valence-electron chi connectivity index (χ0n) is 8.00. The predicted molar refractivity (Wildman–Crippen MR) is 56.1 cm³/mol. The van der Waals surface area contributed by atoms with Crippen LogP contribution in [0.5, 0.6) is 0 Å². The first-order chi connectivity index (χ1) is 6.62. The number of nitriles is 1. The fourth-order valence-electron chi connectivity index (χ4n) is 1.32. The van der Waals surface area contributed by atoms with E-state index in [2.05, 4.69) is 6.07 Å². The first kappa shape index (κ1) is 11.0. The van der Waals surface area contributed by atoms with Gasteiger partial charge in [0, 0.05) is 11.6 Å². The van der Waals surface area contributed by atoms with E-state index in [4.69, 9.17) is 22.0 Å². The summed E-state index contributed by atoms with van der Waals surface area (Å²) in [5, 5.41) is 18.5. The van der Waals surface area contributed by atoms with E-state index in [0.717, 1.165) is 5.56 Å². The van der Waals surface area contributed by atoms with Crippen molar-refractivity contribution < 1.29 is 5.11 Å². The molecule has 0 bridgehead atoms. The second-order valence-corrected chi connectivity index (χ2v) is 3.86. The molecule has 0 aliphatic heterocycles. The molecule has 1 rings (SSSR count). The van der Waals surface area contributed by atoms with Gasteiger partial charge in [0.25, 0.3) is 0 Å². The molecule has 1 atom stereocenters. The molecular weight excluding hydrogens is 198 g/mol. The van der Waals surface area contributed by atoms with Gasteiger partial charge < -0.3 is 5.11 Å².